The van der Waals surface area contributed by atoms with Gasteiger partial charge < -0.3 is 0 Å². The number of halogens is 2. The number of hydrogen-bond acceptors (Lipinski definition) is 4. The van der Waals surface area contributed by atoms with Gasteiger partial charge in [-0.3, -0.25) is 19.4 Å². The summed E-state index contributed by atoms with van der Waals surface area (Å²) in [5.41, 5.74) is 0. The van der Waals surface area contributed by atoms with Crippen molar-refractivity contribution in [3.8, 4) is 0 Å². The highest BCUT2D eigenvalue weighted by molar-refractivity contribution is 5.91. The average molecular weight is 429 g/mol. The number of nitrogens with zero attached hydrogens (tertiary/aromatic N) is 2. The van der Waals surface area contributed by atoms with Crippen LogP contribution < -0.4 is 0 Å². The summed E-state index contributed by atoms with van der Waals surface area (Å²) in [5.74, 6) is 0.224. The summed E-state index contributed by atoms with van der Waals surface area (Å²) >= 11 is 0. The lowest BCUT2D eigenvalue weighted by Crippen LogP contribution is -2.29. The van der Waals surface area contributed by atoms with Gasteiger partial charge in [0.2, 0.25) is 0 Å². The molecule has 0 N–H and O–H groups in total. The van der Waals surface area contributed by atoms with Crippen LogP contribution in [0.4, 0.5) is 8.78 Å². The first-order valence-electron chi connectivity index (χ1n) is 11.3. The second-order valence-electron chi connectivity index (χ2n) is 8.13. The van der Waals surface area contributed by atoms with Crippen molar-refractivity contribution >= 4 is 11.6 Å². The van der Waals surface area contributed by atoms with Gasteiger partial charge in [0.25, 0.3) is 0 Å². The molecule has 0 saturated carbocycles. The molecule has 0 aromatic heterocycles. The predicted octanol–water partition coefficient (Wildman–Crippen LogP) is 4.79. The number of alkyl halides is 2. The minimum atomic E-state index is -0.693. The number of carbonyl (C=O) groups is 2. The van der Waals surface area contributed by atoms with Crippen LogP contribution in [0, 0.1) is 5.92 Å². The van der Waals surface area contributed by atoms with E-state index in [1.807, 2.05) is 58.6 Å². The van der Waals surface area contributed by atoms with E-state index < -0.39 is 12.3 Å². The van der Waals surface area contributed by atoms with Gasteiger partial charge >= 0.3 is 0 Å². The van der Waals surface area contributed by atoms with E-state index in [1.165, 1.54) is 6.92 Å². The Hall–Kier alpha value is -1.40. The van der Waals surface area contributed by atoms with Gasteiger partial charge in [0.1, 0.15) is 12.3 Å². The van der Waals surface area contributed by atoms with Crippen LogP contribution in [0.3, 0.4) is 0 Å². The van der Waals surface area contributed by atoms with E-state index in [-0.39, 0.29) is 29.6 Å². The monoisotopic (exact) mass is 428 g/mol. The summed E-state index contributed by atoms with van der Waals surface area (Å²) in [6, 6.07) is 0.332. The van der Waals surface area contributed by atoms with Crippen LogP contribution in [-0.4, -0.2) is 72.0 Å². The smallest absolute Gasteiger partial charge is 0.157 e. The van der Waals surface area contributed by atoms with Crippen molar-refractivity contribution in [3.05, 3.63) is 24.3 Å². The Morgan fingerprint density at radius 3 is 1.53 bits per heavy atom. The maximum absolute atomic E-state index is 12.9. The molecule has 4 atom stereocenters. The van der Waals surface area contributed by atoms with Crippen LogP contribution in [-0.2, 0) is 9.59 Å². The van der Waals surface area contributed by atoms with Crippen LogP contribution in [0.15, 0.2) is 24.3 Å². The zero-order valence-corrected chi connectivity index (χ0v) is 19.9. The molecule has 0 aliphatic carbocycles. The Labute approximate surface area is 182 Å². The largest absolute Gasteiger partial charge is 0.295 e. The Morgan fingerprint density at radius 1 is 0.833 bits per heavy atom. The van der Waals surface area contributed by atoms with Gasteiger partial charge in [-0.25, -0.2) is 8.78 Å². The normalized spacial score (nSPS) is 24.5. The fourth-order valence-corrected chi connectivity index (χ4v) is 3.17. The van der Waals surface area contributed by atoms with E-state index in [0.29, 0.717) is 25.9 Å². The van der Waals surface area contributed by atoms with Gasteiger partial charge in [-0.05, 0) is 45.8 Å². The molecule has 2 aliphatic heterocycles. The molecule has 6 heteroatoms. The van der Waals surface area contributed by atoms with Gasteiger partial charge in [0.15, 0.2) is 11.6 Å². The lowest BCUT2D eigenvalue weighted by atomic mass is 10.1. The van der Waals surface area contributed by atoms with E-state index in [1.54, 1.807) is 12.2 Å². The van der Waals surface area contributed by atoms with Gasteiger partial charge in [0.05, 0.1) is 0 Å². The molecule has 4 nitrogen and oxygen atoms in total. The summed E-state index contributed by atoms with van der Waals surface area (Å²) in [6.45, 7) is 15.9. The van der Waals surface area contributed by atoms with Gasteiger partial charge in [0, 0.05) is 44.2 Å². The average Bonchev–Trinajstić information content (AvgIpc) is 3.34. The minimum absolute atomic E-state index is 0.0425. The molecule has 2 fully saturated rings. The van der Waals surface area contributed by atoms with Gasteiger partial charge in [-0.15, -0.1) is 0 Å². The molecule has 174 valence electrons. The molecule has 0 bridgehead atoms. The van der Waals surface area contributed by atoms with Crippen molar-refractivity contribution in [2.24, 2.45) is 5.92 Å². The molecule has 0 aromatic carbocycles. The van der Waals surface area contributed by atoms with Gasteiger partial charge in [-0.1, -0.05) is 39.8 Å². The summed E-state index contributed by atoms with van der Waals surface area (Å²) < 4.78 is 25.7. The SMILES string of the molecule is CC.CC(=O)/C=C/C(C)N1CCC(F)C1.CC(C)C(=O)/C=C/C(C)N1CC[C@@H](F)C1. The molecule has 0 radical (unpaired) electrons. The van der Waals surface area contributed by atoms with Gasteiger partial charge in [-0.2, -0.15) is 0 Å². The number of rotatable bonds is 7. The standard InChI is InChI=1S/C12H20FNO.C10H16FNO.C2H6/c1-9(2)12(15)5-4-10(3)14-7-6-11(13)8-14;1-8(3-4-9(2)13)12-6-5-10(11)7-12;1-2/h4-5,9-11H,6-8H2,1-3H3;3-4,8,10H,5-7H2,1-2H3;1-2H3/b5-4+;4-3+;/t10?,11-;;/m1../s1. The molecular formula is C24H42F2N2O2. The molecule has 0 aromatic rings. The maximum atomic E-state index is 12.9. The first-order chi connectivity index (χ1) is 14.1. The fourth-order valence-electron chi connectivity index (χ4n) is 3.17. The van der Waals surface area contributed by atoms with Crippen molar-refractivity contribution in [1.29, 1.82) is 0 Å². The molecule has 3 unspecified atom stereocenters. The van der Waals surface area contributed by atoms with Crippen LogP contribution in [0.25, 0.3) is 0 Å². The third kappa shape index (κ3) is 11.7. The Kier molecular flexibility index (Phi) is 14.7. The number of likely N-dealkylation sites (tertiary alicyclic amines) is 2. The maximum Gasteiger partial charge on any atom is 0.157 e. The minimum Gasteiger partial charge on any atom is -0.295 e. The van der Waals surface area contributed by atoms with E-state index in [9.17, 15) is 18.4 Å². The molecule has 2 saturated heterocycles. The zero-order chi connectivity index (χ0) is 23.3. The lowest BCUT2D eigenvalue weighted by molar-refractivity contribution is -0.117. The Bertz CT molecular complexity index is 563. The summed E-state index contributed by atoms with van der Waals surface area (Å²) in [6.07, 6.45) is 6.75. The first kappa shape index (κ1) is 28.6. The highest BCUT2D eigenvalue weighted by Crippen LogP contribution is 2.16. The quantitative estimate of drug-likeness (QED) is 0.547. The van der Waals surface area contributed by atoms with E-state index in [0.717, 1.165) is 13.1 Å². The number of hydrogen-bond donors (Lipinski definition) is 0. The van der Waals surface area contributed by atoms with Crippen LogP contribution in [0.1, 0.15) is 61.3 Å². The highest BCUT2D eigenvalue weighted by atomic mass is 19.1. The lowest BCUT2D eigenvalue weighted by Gasteiger charge is -2.20. The number of allylic oxidation sites excluding steroid dienone is 2. The summed E-state index contributed by atoms with van der Waals surface area (Å²) in [5, 5.41) is 0. The molecule has 2 aliphatic rings. The zero-order valence-electron chi connectivity index (χ0n) is 19.9. The third-order valence-electron chi connectivity index (χ3n) is 5.19. The molecule has 30 heavy (non-hydrogen) atoms. The van der Waals surface area contributed by atoms with Crippen molar-refractivity contribution < 1.29 is 18.4 Å². The topological polar surface area (TPSA) is 40.6 Å². The van der Waals surface area contributed by atoms with Crippen LogP contribution >= 0.6 is 0 Å². The van der Waals surface area contributed by atoms with Crippen molar-refractivity contribution in [1.82, 2.24) is 9.80 Å². The van der Waals surface area contributed by atoms with E-state index in [4.69, 9.17) is 0 Å². The number of carbonyl (C=O) groups excluding carboxylic acids is 2. The molecular weight excluding hydrogens is 386 g/mol. The number of ketones is 2. The highest BCUT2D eigenvalue weighted by Gasteiger charge is 2.25. The summed E-state index contributed by atoms with van der Waals surface area (Å²) in [4.78, 5) is 26.1. The first-order valence-corrected chi connectivity index (χ1v) is 11.3. The van der Waals surface area contributed by atoms with E-state index in [2.05, 4.69) is 4.90 Å². The second kappa shape index (κ2) is 15.4. The second-order valence-corrected chi connectivity index (χ2v) is 8.13. The fraction of sp³-hybridized carbons (Fsp3) is 0.750. The Balaban J connectivity index is 0.000000522. The molecule has 0 spiro atoms. The molecule has 0 amide bonds. The van der Waals surface area contributed by atoms with Crippen LogP contribution in [0.2, 0.25) is 0 Å². The Morgan fingerprint density at radius 2 is 1.23 bits per heavy atom. The molecule has 2 rings (SSSR count). The third-order valence-corrected chi connectivity index (χ3v) is 5.19. The molecule has 2 heterocycles. The van der Waals surface area contributed by atoms with E-state index >= 15 is 0 Å². The van der Waals surface area contributed by atoms with Crippen LogP contribution in [0.5, 0.6) is 0 Å². The van der Waals surface area contributed by atoms with Crippen molar-refractivity contribution in [2.75, 3.05) is 26.2 Å². The predicted molar refractivity (Wildman–Crippen MR) is 121 cm³/mol. The van der Waals surface area contributed by atoms with Crippen molar-refractivity contribution in [3.63, 3.8) is 0 Å². The summed E-state index contributed by atoms with van der Waals surface area (Å²) in [7, 11) is 0. The van der Waals surface area contributed by atoms with Crippen molar-refractivity contribution in [2.45, 2.75) is 85.7 Å².